The minimum atomic E-state index is -0.0992. The van der Waals surface area contributed by atoms with Crippen molar-refractivity contribution in [1.82, 2.24) is 25.4 Å². The molecule has 8 heteroatoms. The molecule has 0 aliphatic carbocycles. The van der Waals surface area contributed by atoms with Gasteiger partial charge in [-0.2, -0.15) is 9.97 Å². The Bertz CT molecular complexity index is 739. The van der Waals surface area contributed by atoms with Crippen molar-refractivity contribution in [1.29, 1.82) is 0 Å². The van der Waals surface area contributed by atoms with Crippen LogP contribution in [0.5, 0.6) is 0 Å². The molecule has 0 amide bonds. The Morgan fingerprint density at radius 3 is 2.77 bits per heavy atom. The quantitative estimate of drug-likeness (QED) is 0.548. The molecule has 3 aromatic rings. The highest BCUT2D eigenvalue weighted by Crippen LogP contribution is 2.22. The lowest BCUT2D eigenvalue weighted by Crippen LogP contribution is -2.24. The predicted molar refractivity (Wildman–Crippen MR) is 84.0 cm³/mol. The van der Waals surface area contributed by atoms with Gasteiger partial charge in [0, 0.05) is 5.69 Å². The van der Waals surface area contributed by atoms with Gasteiger partial charge in [0.25, 0.3) is 0 Å². The zero-order valence-electron chi connectivity index (χ0n) is 12.1. The van der Waals surface area contributed by atoms with Gasteiger partial charge in [0.15, 0.2) is 17.0 Å². The minimum absolute atomic E-state index is 0.0145. The molecule has 114 valence electrons. The van der Waals surface area contributed by atoms with Gasteiger partial charge in [-0.05, 0) is 18.6 Å². The highest BCUT2D eigenvalue weighted by Gasteiger charge is 2.13. The van der Waals surface area contributed by atoms with E-state index in [1.165, 1.54) is 0 Å². The number of aliphatic hydroxyl groups excluding tert-OH is 1. The molecule has 0 bridgehead atoms. The van der Waals surface area contributed by atoms with Crippen molar-refractivity contribution in [3.8, 4) is 0 Å². The van der Waals surface area contributed by atoms with Gasteiger partial charge in [-0.1, -0.05) is 30.3 Å². The average molecular weight is 299 g/mol. The third kappa shape index (κ3) is 2.96. The van der Waals surface area contributed by atoms with E-state index < -0.39 is 0 Å². The Labute approximate surface area is 127 Å². The number of anilines is 3. The second-order valence-electron chi connectivity index (χ2n) is 4.83. The maximum Gasteiger partial charge on any atom is 0.227 e. The third-order valence-corrected chi connectivity index (χ3v) is 3.27. The van der Waals surface area contributed by atoms with E-state index in [1.54, 1.807) is 0 Å². The van der Waals surface area contributed by atoms with Crippen molar-refractivity contribution < 1.29 is 5.11 Å². The zero-order chi connectivity index (χ0) is 15.4. The minimum Gasteiger partial charge on any atom is -0.394 e. The lowest BCUT2D eigenvalue weighted by molar-refractivity contribution is 0.271. The summed E-state index contributed by atoms with van der Waals surface area (Å²) in [6.07, 6.45) is 0.764. The molecule has 2 heterocycles. The molecule has 0 saturated heterocycles. The molecule has 0 aliphatic heterocycles. The maximum atomic E-state index is 9.30. The van der Waals surface area contributed by atoms with Crippen LogP contribution in [0.2, 0.25) is 0 Å². The topological polar surface area (TPSA) is 112 Å². The second-order valence-corrected chi connectivity index (χ2v) is 4.83. The molecule has 22 heavy (non-hydrogen) atoms. The van der Waals surface area contributed by atoms with Gasteiger partial charge in [0.1, 0.15) is 0 Å². The van der Waals surface area contributed by atoms with E-state index in [0.29, 0.717) is 22.9 Å². The van der Waals surface area contributed by atoms with Crippen molar-refractivity contribution in [2.45, 2.75) is 19.4 Å². The van der Waals surface area contributed by atoms with Crippen molar-refractivity contribution in [2.24, 2.45) is 0 Å². The molecule has 0 aliphatic rings. The summed E-state index contributed by atoms with van der Waals surface area (Å²) in [5.41, 5.74) is 1.99. The Morgan fingerprint density at radius 2 is 2.05 bits per heavy atom. The van der Waals surface area contributed by atoms with Gasteiger partial charge in [0.2, 0.25) is 5.95 Å². The molecule has 8 nitrogen and oxygen atoms in total. The Hall–Kier alpha value is -2.74. The van der Waals surface area contributed by atoms with Crippen LogP contribution in [0, 0.1) is 0 Å². The molecule has 2 aromatic heterocycles. The second kappa shape index (κ2) is 6.35. The van der Waals surface area contributed by atoms with E-state index in [0.717, 1.165) is 12.1 Å². The van der Waals surface area contributed by atoms with Crippen LogP contribution in [0.15, 0.2) is 30.3 Å². The van der Waals surface area contributed by atoms with Crippen LogP contribution in [0.4, 0.5) is 17.5 Å². The van der Waals surface area contributed by atoms with E-state index in [1.807, 2.05) is 37.3 Å². The summed E-state index contributed by atoms with van der Waals surface area (Å²) in [6.45, 7) is 1.99. The van der Waals surface area contributed by atoms with Crippen LogP contribution < -0.4 is 10.6 Å². The largest absolute Gasteiger partial charge is 0.394 e. The fourth-order valence-electron chi connectivity index (χ4n) is 2.02. The summed E-state index contributed by atoms with van der Waals surface area (Å²) in [7, 11) is 0. The highest BCUT2D eigenvalue weighted by atomic mass is 16.3. The van der Waals surface area contributed by atoms with Gasteiger partial charge in [-0.15, -0.1) is 5.10 Å². The maximum absolute atomic E-state index is 9.30. The van der Waals surface area contributed by atoms with E-state index in [2.05, 4.69) is 36.0 Å². The van der Waals surface area contributed by atoms with Crippen LogP contribution in [0.1, 0.15) is 13.3 Å². The molecular weight excluding hydrogens is 282 g/mol. The summed E-state index contributed by atoms with van der Waals surface area (Å²) in [4.78, 5) is 8.76. The van der Waals surface area contributed by atoms with Crippen molar-refractivity contribution in [3.63, 3.8) is 0 Å². The van der Waals surface area contributed by atoms with E-state index >= 15 is 0 Å². The van der Waals surface area contributed by atoms with Crippen molar-refractivity contribution in [2.75, 3.05) is 17.2 Å². The van der Waals surface area contributed by atoms with Gasteiger partial charge in [-0.25, -0.2) is 5.10 Å². The molecule has 3 rings (SSSR count). The number of aromatic amines is 1. The summed E-state index contributed by atoms with van der Waals surface area (Å²) in [5, 5.41) is 26.1. The monoisotopic (exact) mass is 299 g/mol. The molecule has 0 radical (unpaired) electrons. The Morgan fingerprint density at radius 1 is 1.23 bits per heavy atom. The lowest BCUT2D eigenvalue weighted by atomic mass is 10.2. The van der Waals surface area contributed by atoms with Crippen LogP contribution in [-0.2, 0) is 0 Å². The fraction of sp³-hybridized carbons (Fsp3) is 0.286. The van der Waals surface area contributed by atoms with Crippen LogP contribution in [-0.4, -0.2) is 43.1 Å². The van der Waals surface area contributed by atoms with Crippen LogP contribution in [0.3, 0.4) is 0 Å². The number of aromatic nitrogens is 5. The average Bonchev–Trinajstić information content (AvgIpc) is 3.02. The number of hydrogen-bond acceptors (Lipinski definition) is 7. The summed E-state index contributed by atoms with van der Waals surface area (Å²) < 4.78 is 0. The molecule has 1 atom stereocenters. The summed E-state index contributed by atoms with van der Waals surface area (Å²) in [5.74, 6) is 0.970. The number of aliphatic hydroxyl groups is 1. The Balaban J connectivity index is 1.95. The van der Waals surface area contributed by atoms with Gasteiger partial charge in [0.05, 0.1) is 12.6 Å². The highest BCUT2D eigenvalue weighted by molar-refractivity contribution is 5.85. The first-order valence-electron chi connectivity index (χ1n) is 7.08. The standard InChI is InChI=1S/C14H17N7O/c1-2-9(8-22)16-14-17-12(11-13(18-14)20-21-19-11)15-10-6-4-3-5-7-10/h3-7,9,22H,2,8H2,1H3,(H3,15,16,17,18,19,20,21). The third-order valence-electron chi connectivity index (χ3n) is 3.27. The van der Waals surface area contributed by atoms with Gasteiger partial charge in [-0.3, -0.25) is 0 Å². The predicted octanol–water partition coefficient (Wildman–Crippen LogP) is 1.67. The molecule has 4 N–H and O–H groups in total. The van der Waals surface area contributed by atoms with E-state index in [-0.39, 0.29) is 12.6 Å². The van der Waals surface area contributed by atoms with Crippen molar-refractivity contribution >= 4 is 28.6 Å². The van der Waals surface area contributed by atoms with E-state index in [9.17, 15) is 5.11 Å². The summed E-state index contributed by atoms with van der Waals surface area (Å²) >= 11 is 0. The van der Waals surface area contributed by atoms with Crippen LogP contribution >= 0.6 is 0 Å². The first kappa shape index (κ1) is 14.2. The van der Waals surface area contributed by atoms with Gasteiger partial charge >= 0.3 is 0 Å². The Kier molecular flexibility index (Phi) is 4.10. The molecular formula is C14H17N7O. The lowest BCUT2D eigenvalue weighted by Gasteiger charge is -2.14. The fourth-order valence-corrected chi connectivity index (χ4v) is 2.02. The normalized spacial score (nSPS) is 12.3. The van der Waals surface area contributed by atoms with E-state index in [4.69, 9.17) is 0 Å². The molecule has 0 fully saturated rings. The number of benzene rings is 1. The molecule has 0 spiro atoms. The van der Waals surface area contributed by atoms with Gasteiger partial charge < -0.3 is 15.7 Å². The summed E-state index contributed by atoms with van der Waals surface area (Å²) in [6, 6.07) is 9.57. The number of para-hydroxylation sites is 1. The molecule has 1 aromatic carbocycles. The number of fused-ring (bicyclic) bond motifs is 1. The number of nitrogens with zero attached hydrogens (tertiary/aromatic N) is 4. The first-order chi connectivity index (χ1) is 10.8. The first-order valence-corrected chi connectivity index (χ1v) is 7.08. The van der Waals surface area contributed by atoms with Crippen molar-refractivity contribution in [3.05, 3.63) is 30.3 Å². The molecule has 1 unspecified atom stereocenters. The molecule has 0 saturated carbocycles. The number of rotatable bonds is 6. The smallest absolute Gasteiger partial charge is 0.227 e. The SMILES string of the molecule is CCC(CO)Nc1nc(Nc2ccccc2)c2nn[nH]c2n1. The number of H-pyrrole nitrogens is 1. The van der Waals surface area contributed by atoms with Crippen LogP contribution in [0.25, 0.3) is 11.2 Å². The number of nitrogens with one attached hydrogen (secondary N) is 3. The number of hydrogen-bond donors (Lipinski definition) is 4. The zero-order valence-corrected chi connectivity index (χ0v) is 12.1.